The minimum atomic E-state index is -5.21. The van der Waals surface area contributed by atoms with E-state index in [1.807, 2.05) is 5.32 Å². The number of rotatable bonds is 5. The summed E-state index contributed by atoms with van der Waals surface area (Å²) in [7, 11) is -2.54. The minimum absolute atomic E-state index is 0.0545. The molecule has 2 aromatic rings. The third kappa shape index (κ3) is 4.23. The van der Waals surface area contributed by atoms with Crippen molar-refractivity contribution < 1.29 is 36.2 Å². The lowest BCUT2D eigenvalue weighted by Gasteiger charge is -2.25. The summed E-state index contributed by atoms with van der Waals surface area (Å²) >= 11 is 5.92. The Balaban J connectivity index is 2.32. The van der Waals surface area contributed by atoms with Gasteiger partial charge in [-0.25, -0.2) is 8.42 Å². The number of carbonyl (C=O) groups is 1. The van der Waals surface area contributed by atoms with E-state index in [1.54, 1.807) is 0 Å². The summed E-state index contributed by atoms with van der Waals surface area (Å²) in [6, 6.07) is 8.62. The Morgan fingerprint density at radius 2 is 1.64 bits per heavy atom. The lowest BCUT2D eigenvalue weighted by Crippen LogP contribution is -2.52. The van der Waals surface area contributed by atoms with Crippen LogP contribution in [-0.4, -0.2) is 38.3 Å². The maximum atomic E-state index is 12.7. The molecule has 152 valence electrons. The number of anilines is 1. The standard InChI is InChI=1S/C17H15ClF3NO5S/c1-16(24,17(19,20)21)15(23)22-14-8-7-12(9-13(14)18)28(25,26)11-5-3-10(27-2)4-6-11/h3-9,24H,1-2H3,(H,22,23)/t16-/m1/s1. The maximum absolute atomic E-state index is 12.7. The zero-order valence-electron chi connectivity index (χ0n) is 14.5. The molecule has 2 N–H and O–H groups in total. The average molecular weight is 438 g/mol. The van der Waals surface area contributed by atoms with Crippen molar-refractivity contribution in [3.63, 3.8) is 0 Å². The van der Waals surface area contributed by atoms with Crippen LogP contribution in [0.3, 0.4) is 0 Å². The number of ether oxygens (including phenoxy) is 1. The van der Waals surface area contributed by atoms with E-state index in [0.717, 1.165) is 18.2 Å². The zero-order chi connectivity index (χ0) is 21.3. The fraction of sp³-hybridized carbons (Fsp3) is 0.235. The molecule has 0 radical (unpaired) electrons. The molecule has 2 rings (SSSR count). The topological polar surface area (TPSA) is 92.7 Å². The third-order valence-corrected chi connectivity index (χ3v) is 5.94. The Morgan fingerprint density at radius 1 is 1.11 bits per heavy atom. The highest BCUT2D eigenvalue weighted by molar-refractivity contribution is 7.91. The molecule has 0 aromatic heterocycles. The molecule has 28 heavy (non-hydrogen) atoms. The fourth-order valence-corrected chi connectivity index (χ4v) is 3.61. The Bertz CT molecular complexity index is 989. The molecule has 0 fully saturated rings. The SMILES string of the molecule is COc1ccc(S(=O)(=O)c2ccc(NC(=O)[C@@](C)(O)C(F)(F)F)c(Cl)c2)cc1. The average Bonchev–Trinajstić information content (AvgIpc) is 2.62. The molecule has 0 saturated heterocycles. The highest BCUT2D eigenvalue weighted by Gasteiger charge is 2.55. The van der Waals surface area contributed by atoms with E-state index in [-0.39, 0.29) is 20.5 Å². The Hall–Kier alpha value is -2.30. The summed E-state index contributed by atoms with van der Waals surface area (Å²) in [5.74, 6) is -1.31. The lowest BCUT2D eigenvalue weighted by atomic mass is 10.1. The molecule has 1 atom stereocenters. The molecule has 0 saturated carbocycles. The van der Waals surface area contributed by atoms with E-state index < -0.39 is 27.5 Å². The second kappa shape index (κ2) is 7.61. The summed E-state index contributed by atoms with van der Waals surface area (Å²) in [5.41, 5.74) is -3.94. The van der Waals surface area contributed by atoms with E-state index >= 15 is 0 Å². The predicted molar refractivity (Wildman–Crippen MR) is 95.2 cm³/mol. The van der Waals surface area contributed by atoms with Crippen molar-refractivity contribution in [3.8, 4) is 5.75 Å². The van der Waals surface area contributed by atoms with Crippen molar-refractivity contribution in [1.82, 2.24) is 0 Å². The highest BCUT2D eigenvalue weighted by Crippen LogP contribution is 2.33. The number of aliphatic hydroxyl groups is 1. The van der Waals surface area contributed by atoms with Crippen LogP contribution < -0.4 is 10.1 Å². The second-order valence-corrected chi connectivity index (χ2v) is 8.20. The summed E-state index contributed by atoms with van der Waals surface area (Å²) in [4.78, 5) is 11.4. The monoisotopic (exact) mass is 437 g/mol. The molecule has 0 aliphatic carbocycles. The van der Waals surface area contributed by atoms with E-state index in [1.165, 1.54) is 31.4 Å². The Kier molecular flexibility index (Phi) is 5.98. The number of benzene rings is 2. The molecular weight excluding hydrogens is 423 g/mol. The van der Waals surface area contributed by atoms with Gasteiger partial charge in [0.1, 0.15) is 5.75 Å². The van der Waals surface area contributed by atoms with Crippen LogP contribution in [0.25, 0.3) is 0 Å². The first-order valence-corrected chi connectivity index (χ1v) is 9.46. The highest BCUT2D eigenvalue weighted by atomic mass is 35.5. The van der Waals surface area contributed by atoms with E-state index in [2.05, 4.69) is 0 Å². The van der Waals surface area contributed by atoms with Crippen molar-refractivity contribution in [3.05, 3.63) is 47.5 Å². The largest absolute Gasteiger partial charge is 0.497 e. The van der Waals surface area contributed by atoms with Crippen LogP contribution in [-0.2, 0) is 14.6 Å². The van der Waals surface area contributed by atoms with Crippen LogP contribution >= 0.6 is 11.6 Å². The Morgan fingerprint density at radius 3 is 2.11 bits per heavy atom. The zero-order valence-corrected chi connectivity index (χ0v) is 16.1. The van der Waals surface area contributed by atoms with Crippen molar-refractivity contribution in [2.75, 3.05) is 12.4 Å². The van der Waals surface area contributed by atoms with Gasteiger partial charge in [0.25, 0.3) is 5.91 Å². The maximum Gasteiger partial charge on any atom is 0.426 e. The van der Waals surface area contributed by atoms with Crippen molar-refractivity contribution in [1.29, 1.82) is 0 Å². The molecule has 0 bridgehead atoms. The predicted octanol–water partition coefficient (Wildman–Crippen LogP) is 3.43. The van der Waals surface area contributed by atoms with E-state index in [0.29, 0.717) is 12.7 Å². The molecule has 0 aliphatic heterocycles. The third-order valence-electron chi connectivity index (χ3n) is 3.86. The first kappa shape index (κ1) is 22.0. The Labute approximate surface area is 163 Å². The quantitative estimate of drug-likeness (QED) is 0.747. The summed E-state index contributed by atoms with van der Waals surface area (Å²) in [6.07, 6.45) is -5.21. The molecule has 1 amide bonds. The molecule has 2 aromatic carbocycles. The van der Waals surface area contributed by atoms with Crippen LogP contribution in [0, 0.1) is 0 Å². The van der Waals surface area contributed by atoms with Crippen LogP contribution in [0.1, 0.15) is 6.92 Å². The van der Waals surface area contributed by atoms with Gasteiger partial charge >= 0.3 is 6.18 Å². The normalized spacial score (nSPS) is 14.2. The molecule has 0 spiro atoms. The number of alkyl halides is 3. The van der Waals surface area contributed by atoms with Gasteiger partial charge in [-0.2, -0.15) is 13.2 Å². The van der Waals surface area contributed by atoms with Crippen molar-refractivity contribution >= 4 is 33.0 Å². The molecule has 0 aliphatic rings. The number of amides is 1. The second-order valence-electron chi connectivity index (χ2n) is 5.84. The summed E-state index contributed by atoms with van der Waals surface area (Å²) < 4.78 is 68.4. The van der Waals surface area contributed by atoms with Gasteiger partial charge in [-0.3, -0.25) is 4.79 Å². The van der Waals surface area contributed by atoms with Crippen molar-refractivity contribution in [2.45, 2.75) is 28.5 Å². The van der Waals surface area contributed by atoms with Crippen LogP contribution in [0.5, 0.6) is 5.75 Å². The summed E-state index contributed by atoms with van der Waals surface area (Å²) in [5, 5.41) is 10.9. The van der Waals surface area contributed by atoms with Crippen LogP contribution in [0.15, 0.2) is 52.3 Å². The van der Waals surface area contributed by atoms with Crippen LogP contribution in [0.4, 0.5) is 18.9 Å². The number of hydrogen-bond donors (Lipinski definition) is 2. The van der Waals surface area contributed by atoms with E-state index in [9.17, 15) is 31.5 Å². The summed E-state index contributed by atoms with van der Waals surface area (Å²) in [6.45, 7) is 0.290. The molecule has 11 heteroatoms. The first-order valence-electron chi connectivity index (χ1n) is 7.60. The van der Waals surface area contributed by atoms with Gasteiger partial charge in [0, 0.05) is 0 Å². The molecular formula is C17H15ClF3NO5S. The number of halogens is 4. The molecule has 0 heterocycles. The lowest BCUT2D eigenvalue weighted by molar-refractivity contribution is -0.242. The van der Waals surface area contributed by atoms with E-state index in [4.69, 9.17) is 16.3 Å². The van der Waals surface area contributed by atoms with Crippen molar-refractivity contribution in [2.24, 2.45) is 0 Å². The number of sulfone groups is 1. The van der Waals surface area contributed by atoms with Gasteiger partial charge in [0.05, 0.1) is 27.6 Å². The smallest absolute Gasteiger partial charge is 0.426 e. The minimum Gasteiger partial charge on any atom is -0.497 e. The van der Waals surface area contributed by atoms with Gasteiger partial charge in [-0.15, -0.1) is 0 Å². The molecule has 0 unspecified atom stereocenters. The number of carbonyl (C=O) groups excluding carboxylic acids is 1. The number of hydrogen-bond acceptors (Lipinski definition) is 5. The van der Waals surface area contributed by atoms with Crippen LogP contribution in [0.2, 0.25) is 5.02 Å². The number of nitrogens with one attached hydrogen (secondary N) is 1. The van der Waals surface area contributed by atoms with Gasteiger partial charge < -0.3 is 15.2 Å². The van der Waals surface area contributed by atoms with Gasteiger partial charge in [0.15, 0.2) is 0 Å². The first-order chi connectivity index (χ1) is 12.8. The molecule has 6 nitrogen and oxygen atoms in total. The van der Waals surface area contributed by atoms with Gasteiger partial charge in [0.2, 0.25) is 15.4 Å². The van der Waals surface area contributed by atoms with Gasteiger partial charge in [-0.05, 0) is 49.4 Å². The van der Waals surface area contributed by atoms with Gasteiger partial charge in [-0.1, -0.05) is 11.6 Å². The fourth-order valence-electron chi connectivity index (χ4n) is 2.03. The number of methoxy groups -OCH3 is 1.